The van der Waals surface area contributed by atoms with Crippen LogP contribution in [-0.2, 0) is 6.54 Å². The highest BCUT2D eigenvalue weighted by atomic mass is 19.1. The molecular formula is C14H15FN4. The average Bonchev–Trinajstić information content (AvgIpc) is 2.81. The van der Waals surface area contributed by atoms with Crippen molar-refractivity contribution in [1.29, 1.82) is 5.26 Å². The van der Waals surface area contributed by atoms with E-state index >= 15 is 0 Å². The van der Waals surface area contributed by atoms with Crippen molar-refractivity contribution in [3.05, 3.63) is 47.8 Å². The summed E-state index contributed by atoms with van der Waals surface area (Å²) in [6.45, 7) is 3.46. The van der Waals surface area contributed by atoms with Crippen molar-refractivity contribution in [2.75, 3.05) is 11.9 Å². The average molecular weight is 258 g/mol. The van der Waals surface area contributed by atoms with E-state index in [4.69, 9.17) is 5.26 Å². The standard InChI is InChI=1S/C14H15FN4/c1-11-17-6-8-19(11)7-2-5-18-14-4-3-12(10-16)9-13(14)15/h3-4,6,8-9,18H,2,5,7H2,1H3. The van der Waals surface area contributed by atoms with E-state index in [-0.39, 0.29) is 0 Å². The van der Waals surface area contributed by atoms with Crippen molar-refractivity contribution in [3.63, 3.8) is 0 Å². The van der Waals surface area contributed by atoms with Crippen molar-refractivity contribution in [3.8, 4) is 6.07 Å². The molecule has 2 rings (SSSR count). The molecule has 1 aromatic heterocycles. The van der Waals surface area contributed by atoms with E-state index in [1.807, 2.05) is 19.2 Å². The minimum absolute atomic E-state index is 0.331. The third-order valence-corrected chi connectivity index (χ3v) is 2.91. The Hall–Kier alpha value is -2.35. The lowest BCUT2D eigenvalue weighted by atomic mass is 10.2. The summed E-state index contributed by atoms with van der Waals surface area (Å²) in [6.07, 6.45) is 4.57. The Labute approximate surface area is 111 Å². The molecule has 0 fully saturated rings. The third-order valence-electron chi connectivity index (χ3n) is 2.91. The molecule has 1 aromatic carbocycles. The molecule has 0 aliphatic rings. The number of hydrogen-bond acceptors (Lipinski definition) is 3. The van der Waals surface area contributed by atoms with Crippen LogP contribution in [-0.4, -0.2) is 16.1 Å². The molecule has 0 aliphatic heterocycles. The molecule has 4 nitrogen and oxygen atoms in total. The molecule has 1 N–H and O–H groups in total. The summed E-state index contributed by atoms with van der Waals surface area (Å²) in [5, 5.41) is 11.7. The van der Waals surface area contributed by atoms with Crippen molar-refractivity contribution >= 4 is 5.69 Å². The van der Waals surface area contributed by atoms with E-state index in [9.17, 15) is 4.39 Å². The summed E-state index contributed by atoms with van der Waals surface area (Å²) in [4.78, 5) is 4.14. The first kappa shape index (κ1) is 13.1. The number of rotatable bonds is 5. The summed E-state index contributed by atoms with van der Waals surface area (Å²) in [7, 11) is 0. The van der Waals surface area contributed by atoms with Crippen molar-refractivity contribution in [2.24, 2.45) is 0 Å². The van der Waals surface area contributed by atoms with Crippen molar-refractivity contribution < 1.29 is 4.39 Å². The van der Waals surface area contributed by atoms with Gasteiger partial charge in [0.05, 0.1) is 17.3 Å². The Morgan fingerprint density at radius 2 is 2.32 bits per heavy atom. The summed E-state index contributed by atoms with van der Waals surface area (Å²) in [5.74, 6) is 0.586. The predicted molar refractivity (Wildman–Crippen MR) is 71.2 cm³/mol. The Kier molecular flexibility index (Phi) is 4.14. The maximum atomic E-state index is 13.6. The van der Waals surface area contributed by atoms with Gasteiger partial charge in [-0.15, -0.1) is 0 Å². The van der Waals surface area contributed by atoms with Gasteiger partial charge in [0.1, 0.15) is 11.6 Å². The fourth-order valence-electron chi connectivity index (χ4n) is 1.84. The number of nitriles is 1. The smallest absolute Gasteiger partial charge is 0.147 e. The molecular weight excluding hydrogens is 243 g/mol. The molecule has 0 amide bonds. The second-order valence-corrected chi connectivity index (χ2v) is 4.25. The lowest BCUT2D eigenvalue weighted by molar-refractivity contribution is 0.621. The second kappa shape index (κ2) is 6.01. The SMILES string of the molecule is Cc1nccn1CCCNc1ccc(C#N)cc1F. The highest BCUT2D eigenvalue weighted by Gasteiger charge is 2.03. The molecule has 0 radical (unpaired) electrons. The van der Waals surface area contributed by atoms with E-state index in [1.165, 1.54) is 6.07 Å². The first-order valence-corrected chi connectivity index (χ1v) is 6.12. The zero-order chi connectivity index (χ0) is 13.7. The number of halogens is 1. The normalized spacial score (nSPS) is 10.2. The predicted octanol–water partition coefficient (Wildman–Crippen LogP) is 2.70. The lowest BCUT2D eigenvalue weighted by Gasteiger charge is -2.08. The van der Waals surface area contributed by atoms with Gasteiger partial charge in [-0.3, -0.25) is 0 Å². The van der Waals surface area contributed by atoms with E-state index < -0.39 is 5.82 Å². The minimum atomic E-state index is -0.391. The van der Waals surface area contributed by atoms with Crippen LogP contribution < -0.4 is 5.32 Å². The maximum Gasteiger partial charge on any atom is 0.147 e. The van der Waals surface area contributed by atoms with E-state index in [0.29, 0.717) is 17.8 Å². The summed E-state index contributed by atoms with van der Waals surface area (Å²) < 4.78 is 15.6. The van der Waals surface area contributed by atoms with Crippen LogP contribution in [0.2, 0.25) is 0 Å². The summed E-state index contributed by atoms with van der Waals surface area (Å²) >= 11 is 0. The number of nitrogens with zero attached hydrogens (tertiary/aromatic N) is 3. The van der Waals surface area contributed by atoms with Crippen LogP contribution in [0.4, 0.5) is 10.1 Å². The van der Waals surface area contributed by atoms with Gasteiger partial charge in [0.25, 0.3) is 0 Å². The van der Waals surface area contributed by atoms with Crippen LogP contribution in [0, 0.1) is 24.1 Å². The van der Waals surface area contributed by atoms with E-state index in [1.54, 1.807) is 18.3 Å². The van der Waals surface area contributed by atoms with E-state index in [2.05, 4.69) is 14.9 Å². The zero-order valence-corrected chi connectivity index (χ0v) is 10.7. The number of imidazole rings is 1. The molecule has 0 saturated carbocycles. The Balaban J connectivity index is 1.83. The third kappa shape index (κ3) is 3.32. The van der Waals surface area contributed by atoms with Crippen LogP contribution in [0.15, 0.2) is 30.6 Å². The highest BCUT2D eigenvalue weighted by molar-refractivity contribution is 5.48. The Bertz CT molecular complexity index is 598. The van der Waals surface area contributed by atoms with Gasteiger partial charge in [-0.2, -0.15) is 5.26 Å². The summed E-state index contributed by atoms with van der Waals surface area (Å²) in [6, 6.07) is 6.34. The van der Waals surface area contributed by atoms with Gasteiger partial charge >= 0.3 is 0 Å². The van der Waals surface area contributed by atoms with Crippen LogP contribution in [0.3, 0.4) is 0 Å². The molecule has 5 heteroatoms. The molecule has 0 atom stereocenters. The van der Waals surface area contributed by atoms with Gasteiger partial charge in [-0.1, -0.05) is 0 Å². The van der Waals surface area contributed by atoms with Crippen LogP contribution in [0.5, 0.6) is 0 Å². The molecule has 19 heavy (non-hydrogen) atoms. The first-order chi connectivity index (χ1) is 9.20. The molecule has 1 heterocycles. The van der Waals surface area contributed by atoms with Crippen LogP contribution >= 0.6 is 0 Å². The molecule has 0 bridgehead atoms. The number of aromatic nitrogens is 2. The minimum Gasteiger partial charge on any atom is -0.383 e. The second-order valence-electron chi connectivity index (χ2n) is 4.25. The van der Waals surface area contributed by atoms with Crippen molar-refractivity contribution in [1.82, 2.24) is 9.55 Å². The maximum absolute atomic E-state index is 13.6. The Morgan fingerprint density at radius 3 is 2.95 bits per heavy atom. The molecule has 0 saturated heterocycles. The Morgan fingerprint density at radius 1 is 1.47 bits per heavy atom. The van der Waals surface area contributed by atoms with Crippen LogP contribution in [0.25, 0.3) is 0 Å². The number of benzene rings is 1. The zero-order valence-electron chi connectivity index (χ0n) is 10.7. The number of aryl methyl sites for hydroxylation is 2. The molecule has 0 unspecified atom stereocenters. The van der Waals surface area contributed by atoms with Gasteiger partial charge in [0, 0.05) is 25.5 Å². The van der Waals surface area contributed by atoms with Gasteiger partial charge in [0.15, 0.2) is 0 Å². The number of anilines is 1. The molecule has 0 spiro atoms. The topological polar surface area (TPSA) is 53.6 Å². The van der Waals surface area contributed by atoms with Gasteiger partial charge < -0.3 is 9.88 Å². The molecule has 0 aliphatic carbocycles. The van der Waals surface area contributed by atoms with Gasteiger partial charge in [0.2, 0.25) is 0 Å². The van der Waals surface area contributed by atoms with Gasteiger partial charge in [-0.25, -0.2) is 9.37 Å². The number of nitrogens with one attached hydrogen (secondary N) is 1. The monoisotopic (exact) mass is 258 g/mol. The highest BCUT2D eigenvalue weighted by Crippen LogP contribution is 2.15. The van der Waals surface area contributed by atoms with Crippen molar-refractivity contribution in [2.45, 2.75) is 19.9 Å². The van der Waals surface area contributed by atoms with E-state index in [0.717, 1.165) is 18.8 Å². The fraction of sp³-hybridized carbons (Fsp3) is 0.286. The number of hydrogen-bond donors (Lipinski definition) is 1. The molecule has 2 aromatic rings. The molecule has 98 valence electrons. The largest absolute Gasteiger partial charge is 0.383 e. The lowest BCUT2D eigenvalue weighted by Crippen LogP contribution is -2.08. The fourth-order valence-corrected chi connectivity index (χ4v) is 1.84. The van der Waals surface area contributed by atoms with Crippen LogP contribution in [0.1, 0.15) is 17.8 Å². The summed E-state index contributed by atoms with van der Waals surface area (Å²) in [5.41, 5.74) is 0.762. The van der Waals surface area contributed by atoms with Gasteiger partial charge in [-0.05, 0) is 31.5 Å². The first-order valence-electron chi connectivity index (χ1n) is 6.12. The quantitative estimate of drug-likeness (QED) is 0.839.